The van der Waals surface area contributed by atoms with Crippen LogP contribution in [0.4, 0.5) is 0 Å². The van der Waals surface area contributed by atoms with Crippen LogP contribution in [0.3, 0.4) is 0 Å². The normalized spacial score (nSPS) is 38.8. The molecular weight excluding hydrogens is 204 g/mol. The fourth-order valence-corrected chi connectivity index (χ4v) is 2.21. The topological polar surface area (TPSA) is 27.7 Å². The van der Waals surface area contributed by atoms with Gasteiger partial charge in [0, 0.05) is 12.3 Å². The van der Waals surface area contributed by atoms with Crippen molar-refractivity contribution in [1.82, 2.24) is 0 Å². The van der Waals surface area contributed by atoms with E-state index in [0.29, 0.717) is 5.88 Å². The van der Waals surface area contributed by atoms with Gasteiger partial charge in [0.15, 0.2) is 0 Å². The second-order valence-electron chi connectivity index (χ2n) is 3.84. The molecule has 2 aliphatic heterocycles. The lowest BCUT2D eigenvalue weighted by molar-refractivity contribution is -0.425. The minimum atomic E-state index is -0.729. The Morgan fingerprint density at radius 3 is 2.79 bits per heavy atom. The third-order valence-electron chi connectivity index (χ3n) is 2.74. The summed E-state index contributed by atoms with van der Waals surface area (Å²) in [6.45, 7) is 1.47. The van der Waals surface area contributed by atoms with Crippen LogP contribution in [-0.2, 0) is 14.2 Å². The predicted octanol–water partition coefficient (Wildman–Crippen LogP) is 2.28. The van der Waals surface area contributed by atoms with Crippen LogP contribution in [0.1, 0.15) is 32.1 Å². The summed E-state index contributed by atoms with van der Waals surface area (Å²) in [5, 5.41) is 0. The van der Waals surface area contributed by atoms with Gasteiger partial charge < -0.3 is 14.2 Å². The number of alkyl halides is 1. The van der Waals surface area contributed by atoms with E-state index in [1.54, 1.807) is 0 Å². The molecule has 0 aromatic rings. The number of hydrogen-bond donors (Lipinski definition) is 0. The van der Waals surface area contributed by atoms with Crippen LogP contribution in [-0.4, -0.2) is 31.2 Å². The van der Waals surface area contributed by atoms with Gasteiger partial charge in [-0.05, 0) is 25.7 Å². The van der Waals surface area contributed by atoms with E-state index in [9.17, 15) is 0 Å². The smallest absolute Gasteiger partial charge is 0.283 e. The van der Waals surface area contributed by atoms with Gasteiger partial charge in [-0.15, -0.1) is 11.6 Å². The summed E-state index contributed by atoms with van der Waals surface area (Å²) >= 11 is 5.70. The van der Waals surface area contributed by atoms with Crippen molar-refractivity contribution in [3.8, 4) is 0 Å². The first-order valence-electron chi connectivity index (χ1n) is 5.36. The molecule has 0 radical (unpaired) electrons. The maximum absolute atomic E-state index is 5.83. The second-order valence-corrected chi connectivity index (χ2v) is 4.22. The van der Waals surface area contributed by atoms with Gasteiger partial charge in [0.2, 0.25) is 0 Å². The van der Waals surface area contributed by atoms with E-state index in [-0.39, 0.29) is 6.10 Å². The van der Waals surface area contributed by atoms with Crippen molar-refractivity contribution in [3.63, 3.8) is 0 Å². The molecule has 0 aromatic heterocycles. The molecule has 2 aliphatic rings. The zero-order valence-electron chi connectivity index (χ0n) is 8.34. The molecule has 2 atom stereocenters. The van der Waals surface area contributed by atoms with Crippen molar-refractivity contribution in [3.05, 3.63) is 0 Å². The monoisotopic (exact) mass is 220 g/mol. The maximum atomic E-state index is 5.83. The Kier molecular flexibility index (Phi) is 3.66. The van der Waals surface area contributed by atoms with Crippen molar-refractivity contribution in [2.75, 3.05) is 19.1 Å². The van der Waals surface area contributed by atoms with Gasteiger partial charge in [0.1, 0.15) is 0 Å². The minimum absolute atomic E-state index is 0.208. The van der Waals surface area contributed by atoms with E-state index in [2.05, 4.69) is 0 Å². The van der Waals surface area contributed by atoms with Crippen LogP contribution in [0.2, 0.25) is 0 Å². The third kappa shape index (κ3) is 2.40. The van der Waals surface area contributed by atoms with Crippen LogP contribution in [0.15, 0.2) is 0 Å². The highest BCUT2D eigenvalue weighted by Gasteiger charge is 2.40. The summed E-state index contributed by atoms with van der Waals surface area (Å²) in [7, 11) is 0. The standard InChI is InChI=1S/C10H17ClO3/c11-6-3-9-4-8-13-10(14-9)5-1-2-7-12-10/h9H,1-8H2. The molecule has 2 unspecified atom stereocenters. The molecule has 0 saturated carbocycles. The number of rotatable bonds is 2. The quantitative estimate of drug-likeness (QED) is 0.669. The van der Waals surface area contributed by atoms with Crippen molar-refractivity contribution in [2.24, 2.45) is 0 Å². The van der Waals surface area contributed by atoms with E-state index in [1.165, 1.54) is 0 Å². The van der Waals surface area contributed by atoms with Gasteiger partial charge in [-0.25, -0.2) is 0 Å². The first-order chi connectivity index (χ1) is 6.85. The highest BCUT2D eigenvalue weighted by Crippen LogP contribution is 2.33. The minimum Gasteiger partial charge on any atom is -0.327 e. The molecular formula is C10H17ClO3. The third-order valence-corrected chi connectivity index (χ3v) is 2.96. The summed E-state index contributed by atoms with van der Waals surface area (Å²) in [6, 6.07) is 0. The van der Waals surface area contributed by atoms with Crippen molar-refractivity contribution >= 4 is 11.6 Å². The average molecular weight is 221 g/mol. The Hall–Kier alpha value is 0.170. The zero-order chi connectivity index (χ0) is 9.86. The lowest BCUT2D eigenvalue weighted by atomic mass is 10.1. The second kappa shape index (κ2) is 4.79. The molecule has 0 bridgehead atoms. The molecule has 3 nitrogen and oxygen atoms in total. The first kappa shape index (κ1) is 10.7. The van der Waals surface area contributed by atoms with Gasteiger partial charge in [0.05, 0.1) is 19.3 Å². The predicted molar refractivity (Wildman–Crippen MR) is 53.3 cm³/mol. The molecule has 0 N–H and O–H groups in total. The van der Waals surface area contributed by atoms with E-state index in [4.69, 9.17) is 25.8 Å². The van der Waals surface area contributed by atoms with Crippen LogP contribution in [0, 0.1) is 0 Å². The fraction of sp³-hybridized carbons (Fsp3) is 1.00. The Morgan fingerprint density at radius 1 is 1.21 bits per heavy atom. The molecule has 0 aliphatic carbocycles. The molecule has 2 heterocycles. The largest absolute Gasteiger partial charge is 0.327 e. The summed E-state index contributed by atoms with van der Waals surface area (Å²) in [5.74, 6) is -0.0893. The van der Waals surface area contributed by atoms with Crippen molar-refractivity contribution < 1.29 is 14.2 Å². The van der Waals surface area contributed by atoms with Crippen molar-refractivity contribution in [1.29, 1.82) is 0 Å². The van der Waals surface area contributed by atoms with Crippen LogP contribution < -0.4 is 0 Å². The Bertz CT molecular complexity index is 173. The Labute approximate surface area is 89.7 Å². The van der Waals surface area contributed by atoms with Gasteiger partial charge in [-0.2, -0.15) is 0 Å². The first-order valence-corrected chi connectivity index (χ1v) is 5.90. The summed E-state index contributed by atoms with van der Waals surface area (Å²) in [6.07, 6.45) is 5.10. The van der Waals surface area contributed by atoms with Crippen LogP contribution >= 0.6 is 11.6 Å². The van der Waals surface area contributed by atoms with E-state index < -0.39 is 5.97 Å². The van der Waals surface area contributed by atoms with E-state index in [1.807, 2.05) is 0 Å². The highest BCUT2D eigenvalue weighted by molar-refractivity contribution is 6.17. The summed E-state index contributed by atoms with van der Waals surface area (Å²) in [4.78, 5) is 0. The Morgan fingerprint density at radius 2 is 2.07 bits per heavy atom. The summed E-state index contributed by atoms with van der Waals surface area (Å²) in [5.41, 5.74) is 0. The highest BCUT2D eigenvalue weighted by atomic mass is 35.5. The molecule has 2 fully saturated rings. The Balaban J connectivity index is 1.91. The molecule has 2 saturated heterocycles. The molecule has 14 heavy (non-hydrogen) atoms. The molecule has 1 spiro atoms. The molecule has 4 heteroatoms. The molecule has 2 rings (SSSR count). The average Bonchev–Trinajstić information content (AvgIpc) is 2.19. The summed E-state index contributed by atoms with van der Waals surface area (Å²) < 4.78 is 17.0. The molecule has 0 amide bonds. The lowest BCUT2D eigenvalue weighted by Crippen LogP contribution is -2.48. The van der Waals surface area contributed by atoms with E-state index >= 15 is 0 Å². The van der Waals surface area contributed by atoms with Gasteiger partial charge in [-0.1, -0.05) is 0 Å². The molecule has 82 valence electrons. The van der Waals surface area contributed by atoms with Crippen molar-refractivity contribution in [2.45, 2.75) is 44.2 Å². The number of halogens is 1. The van der Waals surface area contributed by atoms with Gasteiger partial charge in [-0.3, -0.25) is 0 Å². The van der Waals surface area contributed by atoms with Gasteiger partial charge in [0.25, 0.3) is 5.97 Å². The lowest BCUT2D eigenvalue weighted by Gasteiger charge is -2.42. The maximum Gasteiger partial charge on any atom is 0.283 e. The number of hydrogen-bond acceptors (Lipinski definition) is 3. The zero-order valence-corrected chi connectivity index (χ0v) is 9.09. The number of ether oxygens (including phenoxy) is 3. The molecule has 0 aromatic carbocycles. The van der Waals surface area contributed by atoms with Gasteiger partial charge >= 0.3 is 0 Å². The van der Waals surface area contributed by atoms with E-state index in [0.717, 1.165) is 45.3 Å². The van der Waals surface area contributed by atoms with Crippen LogP contribution in [0.5, 0.6) is 0 Å². The SMILES string of the molecule is ClCCC1CCOC2(CCCCO2)O1. The van der Waals surface area contributed by atoms with Crippen LogP contribution in [0.25, 0.3) is 0 Å². The fourth-order valence-electron chi connectivity index (χ4n) is 1.97.